The van der Waals surface area contributed by atoms with Crippen LogP contribution in [-0.4, -0.2) is 20.4 Å². The number of pyridine rings is 1. The van der Waals surface area contributed by atoms with E-state index in [0.717, 1.165) is 28.3 Å². The molecule has 0 aliphatic rings. The Kier molecular flexibility index (Phi) is 4.02. The van der Waals surface area contributed by atoms with Gasteiger partial charge in [-0.15, -0.1) is 5.10 Å². The first kappa shape index (κ1) is 14.7. The van der Waals surface area contributed by atoms with Gasteiger partial charge in [0.15, 0.2) is 5.69 Å². The molecule has 2 heterocycles. The van der Waals surface area contributed by atoms with Crippen LogP contribution in [0, 0.1) is 25.2 Å². The van der Waals surface area contributed by atoms with Crippen molar-refractivity contribution in [2.75, 3.05) is 0 Å². The number of aromatic nitrogens is 4. The lowest BCUT2D eigenvalue weighted by molar-refractivity contribution is 0.302. The molecule has 0 spiro atoms. The van der Waals surface area contributed by atoms with E-state index in [9.17, 15) is 0 Å². The van der Waals surface area contributed by atoms with E-state index in [1.54, 1.807) is 0 Å². The van der Waals surface area contributed by atoms with Crippen molar-refractivity contribution in [3.63, 3.8) is 0 Å². The number of rotatable bonds is 4. The van der Waals surface area contributed by atoms with Crippen LogP contribution in [0.2, 0.25) is 0 Å². The van der Waals surface area contributed by atoms with Crippen molar-refractivity contribution in [2.24, 2.45) is 0 Å². The smallest absolute Gasteiger partial charge is 0.163 e. The fourth-order valence-electron chi connectivity index (χ4n) is 2.30. The molecule has 1 N–H and O–H groups in total. The predicted molar refractivity (Wildman–Crippen MR) is 84.6 cm³/mol. The summed E-state index contributed by atoms with van der Waals surface area (Å²) >= 11 is 0. The van der Waals surface area contributed by atoms with Gasteiger partial charge in [-0.2, -0.15) is 5.26 Å². The Hall–Kier alpha value is -3.20. The Balaban J connectivity index is 1.79. The largest absolute Gasteiger partial charge is 0.487 e. The van der Waals surface area contributed by atoms with E-state index in [2.05, 4.69) is 20.4 Å². The molecule has 3 rings (SSSR count). The van der Waals surface area contributed by atoms with Crippen LogP contribution in [-0.2, 0) is 6.61 Å². The SMILES string of the molecule is Cc1ccc(OCc2cccc(-c3nn[nH]c3C#N)c2)c(C)n1. The van der Waals surface area contributed by atoms with E-state index in [1.807, 2.05) is 56.3 Å². The van der Waals surface area contributed by atoms with Crippen LogP contribution >= 0.6 is 0 Å². The molecule has 2 aromatic heterocycles. The van der Waals surface area contributed by atoms with Gasteiger partial charge in [-0.1, -0.05) is 23.4 Å². The minimum atomic E-state index is 0.349. The van der Waals surface area contributed by atoms with Crippen molar-refractivity contribution in [2.45, 2.75) is 20.5 Å². The van der Waals surface area contributed by atoms with Crippen LogP contribution in [0.3, 0.4) is 0 Å². The third-order valence-corrected chi connectivity index (χ3v) is 3.43. The molecular formula is C17H15N5O. The standard InChI is InChI=1S/C17H15N5O/c1-11-6-7-16(12(2)19-11)23-10-13-4-3-5-14(8-13)17-15(9-18)20-22-21-17/h3-8H,10H2,1-2H3,(H,20,21,22). The van der Waals surface area contributed by atoms with Gasteiger partial charge in [0.1, 0.15) is 24.1 Å². The molecule has 0 aliphatic heterocycles. The Labute approximate surface area is 133 Å². The molecule has 0 aliphatic carbocycles. The highest BCUT2D eigenvalue weighted by atomic mass is 16.5. The third kappa shape index (κ3) is 3.19. The Morgan fingerprint density at radius 3 is 2.87 bits per heavy atom. The molecular weight excluding hydrogens is 290 g/mol. The maximum Gasteiger partial charge on any atom is 0.163 e. The summed E-state index contributed by atoms with van der Waals surface area (Å²) in [5.41, 5.74) is 4.53. The van der Waals surface area contributed by atoms with Crippen LogP contribution in [0.15, 0.2) is 36.4 Å². The minimum absolute atomic E-state index is 0.349. The topological polar surface area (TPSA) is 87.5 Å². The zero-order chi connectivity index (χ0) is 16.2. The average molecular weight is 305 g/mol. The Bertz CT molecular complexity index is 879. The maximum absolute atomic E-state index is 9.05. The predicted octanol–water partition coefficient (Wildman–Crippen LogP) is 2.93. The van der Waals surface area contributed by atoms with Gasteiger partial charge in [0.05, 0.1) is 5.69 Å². The molecule has 0 saturated heterocycles. The van der Waals surface area contributed by atoms with Crippen LogP contribution in [0.25, 0.3) is 11.3 Å². The molecule has 0 saturated carbocycles. The van der Waals surface area contributed by atoms with Crippen molar-refractivity contribution < 1.29 is 4.74 Å². The van der Waals surface area contributed by atoms with E-state index in [4.69, 9.17) is 10.00 Å². The van der Waals surface area contributed by atoms with Crippen molar-refractivity contribution in [3.8, 4) is 23.1 Å². The summed E-state index contributed by atoms with van der Waals surface area (Å²) < 4.78 is 5.84. The summed E-state index contributed by atoms with van der Waals surface area (Å²) in [5.74, 6) is 0.764. The van der Waals surface area contributed by atoms with Gasteiger partial charge < -0.3 is 4.74 Å². The molecule has 0 atom stereocenters. The second kappa shape index (κ2) is 6.28. The molecule has 0 amide bonds. The van der Waals surface area contributed by atoms with Crippen molar-refractivity contribution in [3.05, 3.63) is 59.0 Å². The van der Waals surface area contributed by atoms with E-state index < -0.39 is 0 Å². The number of hydrogen-bond donors (Lipinski definition) is 1. The summed E-state index contributed by atoms with van der Waals surface area (Å²) in [6.45, 7) is 4.29. The number of aromatic amines is 1. The molecule has 0 radical (unpaired) electrons. The van der Waals surface area contributed by atoms with Gasteiger partial charge in [0.2, 0.25) is 0 Å². The summed E-state index contributed by atoms with van der Waals surface area (Å²) in [7, 11) is 0. The number of nitrogens with zero attached hydrogens (tertiary/aromatic N) is 4. The summed E-state index contributed by atoms with van der Waals surface area (Å²) in [5, 5.41) is 19.3. The van der Waals surface area contributed by atoms with E-state index in [1.165, 1.54) is 0 Å². The number of nitriles is 1. The molecule has 0 fully saturated rings. The molecule has 23 heavy (non-hydrogen) atoms. The van der Waals surface area contributed by atoms with Gasteiger partial charge in [-0.3, -0.25) is 4.98 Å². The van der Waals surface area contributed by atoms with E-state index in [0.29, 0.717) is 18.0 Å². The van der Waals surface area contributed by atoms with Gasteiger partial charge in [0.25, 0.3) is 0 Å². The van der Waals surface area contributed by atoms with Gasteiger partial charge in [0, 0.05) is 11.3 Å². The Morgan fingerprint density at radius 1 is 1.22 bits per heavy atom. The zero-order valence-corrected chi connectivity index (χ0v) is 12.9. The first-order chi connectivity index (χ1) is 11.2. The third-order valence-electron chi connectivity index (χ3n) is 3.43. The van der Waals surface area contributed by atoms with Crippen molar-refractivity contribution in [1.82, 2.24) is 20.4 Å². The van der Waals surface area contributed by atoms with E-state index in [-0.39, 0.29) is 0 Å². The molecule has 1 aromatic carbocycles. The first-order valence-electron chi connectivity index (χ1n) is 7.15. The first-order valence-corrected chi connectivity index (χ1v) is 7.15. The summed E-state index contributed by atoms with van der Waals surface area (Å²) in [4.78, 5) is 4.38. The average Bonchev–Trinajstić information content (AvgIpc) is 3.03. The van der Waals surface area contributed by atoms with Crippen LogP contribution in [0.4, 0.5) is 0 Å². The number of ether oxygens (including phenoxy) is 1. The minimum Gasteiger partial charge on any atom is -0.487 e. The lowest BCUT2D eigenvalue weighted by Gasteiger charge is -2.09. The lowest BCUT2D eigenvalue weighted by atomic mass is 10.1. The second-order valence-electron chi connectivity index (χ2n) is 5.17. The molecule has 6 heteroatoms. The second-order valence-corrected chi connectivity index (χ2v) is 5.17. The number of nitrogens with one attached hydrogen (secondary N) is 1. The number of aryl methyl sites for hydroxylation is 2. The number of hydrogen-bond acceptors (Lipinski definition) is 5. The monoisotopic (exact) mass is 305 g/mol. The highest BCUT2D eigenvalue weighted by Crippen LogP contribution is 2.22. The fraction of sp³-hybridized carbons (Fsp3) is 0.176. The van der Waals surface area contributed by atoms with Crippen LogP contribution < -0.4 is 4.74 Å². The number of H-pyrrole nitrogens is 1. The summed E-state index contributed by atoms with van der Waals surface area (Å²) in [6.07, 6.45) is 0. The van der Waals surface area contributed by atoms with Gasteiger partial charge in [-0.05, 0) is 37.6 Å². The van der Waals surface area contributed by atoms with Crippen LogP contribution in [0.5, 0.6) is 5.75 Å². The molecule has 0 unspecified atom stereocenters. The maximum atomic E-state index is 9.05. The van der Waals surface area contributed by atoms with Crippen molar-refractivity contribution in [1.29, 1.82) is 5.26 Å². The molecule has 6 nitrogen and oxygen atoms in total. The summed E-state index contributed by atoms with van der Waals surface area (Å²) in [6, 6.07) is 13.6. The fourth-order valence-corrected chi connectivity index (χ4v) is 2.30. The van der Waals surface area contributed by atoms with Crippen LogP contribution in [0.1, 0.15) is 22.6 Å². The normalized spacial score (nSPS) is 10.3. The lowest BCUT2D eigenvalue weighted by Crippen LogP contribution is -1.99. The Morgan fingerprint density at radius 2 is 2.09 bits per heavy atom. The van der Waals surface area contributed by atoms with Crippen molar-refractivity contribution >= 4 is 0 Å². The molecule has 3 aromatic rings. The molecule has 0 bridgehead atoms. The van der Waals surface area contributed by atoms with E-state index >= 15 is 0 Å². The highest BCUT2D eigenvalue weighted by Gasteiger charge is 2.10. The molecule has 114 valence electrons. The quantitative estimate of drug-likeness (QED) is 0.800. The highest BCUT2D eigenvalue weighted by molar-refractivity contribution is 5.64. The van der Waals surface area contributed by atoms with Gasteiger partial charge >= 0.3 is 0 Å². The van der Waals surface area contributed by atoms with Gasteiger partial charge in [-0.25, -0.2) is 5.10 Å². The number of benzene rings is 1. The zero-order valence-electron chi connectivity index (χ0n) is 12.9.